The van der Waals surface area contributed by atoms with E-state index < -0.39 is 0 Å². The van der Waals surface area contributed by atoms with Crippen LogP contribution in [0.15, 0.2) is 24.3 Å². The average molecular weight is 198 g/mol. The van der Waals surface area contributed by atoms with Crippen LogP contribution in [0.25, 0.3) is 0 Å². The molecule has 0 unspecified atom stereocenters. The van der Waals surface area contributed by atoms with Crippen molar-refractivity contribution in [1.29, 1.82) is 0 Å². The number of hydrogen-bond acceptors (Lipinski definition) is 2. The maximum Gasteiger partial charge on any atom is 0.123 e. The van der Waals surface area contributed by atoms with Gasteiger partial charge in [0.05, 0.1) is 6.61 Å². The molecule has 3 heteroatoms. The van der Waals surface area contributed by atoms with Crippen molar-refractivity contribution in [1.82, 2.24) is 0 Å². The maximum atomic E-state index is 12.5. The Morgan fingerprint density at radius 2 is 1.71 bits per heavy atom. The van der Waals surface area contributed by atoms with Gasteiger partial charge in [-0.2, -0.15) is 0 Å². The summed E-state index contributed by atoms with van der Waals surface area (Å²) in [4.78, 5) is 0. The van der Waals surface area contributed by atoms with Gasteiger partial charge in [0.25, 0.3) is 0 Å². The van der Waals surface area contributed by atoms with Crippen molar-refractivity contribution in [3.63, 3.8) is 0 Å². The summed E-state index contributed by atoms with van der Waals surface area (Å²) in [6, 6.07) is 6.05. The minimum absolute atomic E-state index is 0.239. The highest BCUT2D eigenvalue weighted by Crippen LogP contribution is 2.11. The number of halogens is 1. The van der Waals surface area contributed by atoms with Gasteiger partial charge in [-0.15, -0.1) is 0 Å². The summed E-state index contributed by atoms with van der Waals surface area (Å²) < 4.78 is 22.8. The number of ether oxygens (including phenoxy) is 2. The van der Waals surface area contributed by atoms with Crippen LogP contribution in [0.1, 0.15) is 12.8 Å². The first-order valence-corrected chi connectivity index (χ1v) is 4.70. The molecule has 0 bridgehead atoms. The molecule has 1 aromatic carbocycles. The summed E-state index contributed by atoms with van der Waals surface area (Å²) in [5.74, 6) is 0.473. The molecule has 0 fully saturated rings. The second-order valence-electron chi connectivity index (χ2n) is 3.00. The topological polar surface area (TPSA) is 18.5 Å². The zero-order chi connectivity index (χ0) is 10.2. The number of rotatable bonds is 6. The number of benzene rings is 1. The number of unbranched alkanes of at least 4 members (excludes halogenated alkanes) is 1. The molecule has 14 heavy (non-hydrogen) atoms. The van der Waals surface area contributed by atoms with E-state index in [1.807, 2.05) is 0 Å². The molecule has 0 aliphatic carbocycles. The Morgan fingerprint density at radius 1 is 1.07 bits per heavy atom. The van der Waals surface area contributed by atoms with Crippen LogP contribution in [0, 0.1) is 5.82 Å². The average Bonchev–Trinajstić information content (AvgIpc) is 2.21. The summed E-state index contributed by atoms with van der Waals surface area (Å²) in [6.07, 6.45) is 1.93. The standard InChI is InChI=1S/C11H15FO2/c1-13-8-2-3-9-14-11-6-4-10(12)5-7-11/h4-7H,2-3,8-9H2,1H3. The predicted octanol–water partition coefficient (Wildman–Crippen LogP) is 2.63. The molecule has 0 N–H and O–H groups in total. The van der Waals surface area contributed by atoms with Gasteiger partial charge in [0, 0.05) is 13.7 Å². The molecule has 0 saturated carbocycles. The Morgan fingerprint density at radius 3 is 2.36 bits per heavy atom. The van der Waals surface area contributed by atoms with E-state index in [9.17, 15) is 4.39 Å². The fraction of sp³-hybridized carbons (Fsp3) is 0.455. The molecule has 2 nitrogen and oxygen atoms in total. The molecule has 0 aliphatic rings. The first-order valence-electron chi connectivity index (χ1n) is 4.70. The SMILES string of the molecule is COCCCCOc1ccc(F)cc1. The molecule has 1 rings (SSSR count). The Labute approximate surface area is 83.6 Å². The Bertz CT molecular complexity index is 246. The van der Waals surface area contributed by atoms with E-state index in [1.165, 1.54) is 12.1 Å². The molecule has 0 atom stereocenters. The predicted molar refractivity (Wildman–Crippen MR) is 53.0 cm³/mol. The van der Waals surface area contributed by atoms with Gasteiger partial charge in [0.1, 0.15) is 11.6 Å². The lowest BCUT2D eigenvalue weighted by Gasteiger charge is -2.05. The smallest absolute Gasteiger partial charge is 0.123 e. The monoisotopic (exact) mass is 198 g/mol. The first kappa shape index (κ1) is 11.0. The van der Waals surface area contributed by atoms with Crippen LogP contribution in [-0.2, 0) is 4.74 Å². The lowest BCUT2D eigenvalue weighted by Crippen LogP contribution is -1.99. The van der Waals surface area contributed by atoms with Gasteiger partial charge in [-0.25, -0.2) is 4.39 Å². The van der Waals surface area contributed by atoms with Crippen LogP contribution in [-0.4, -0.2) is 20.3 Å². The highest BCUT2D eigenvalue weighted by Gasteiger charge is 1.94. The molecule has 0 amide bonds. The molecule has 0 radical (unpaired) electrons. The van der Waals surface area contributed by atoms with Crippen LogP contribution >= 0.6 is 0 Å². The van der Waals surface area contributed by atoms with Crippen LogP contribution < -0.4 is 4.74 Å². The van der Waals surface area contributed by atoms with Crippen molar-refractivity contribution in [2.45, 2.75) is 12.8 Å². The lowest BCUT2D eigenvalue weighted by molar-refractivity contribution is 0.184. The summed E-state index contributed by atoms with van der Waals surface area (Å²) in [7, 11) is 1.68. The van der Waals surface area contributed by atoms with E-state index in [1.54, 1.807) is 19.2 Å². The highest BCUT2D eigenvalue weighted by molar-refractivity contribution is 5.21. The fourth-order valence-corrected chi connectivity index (χ4v) is 1.07. The third kappa shape index (κ3) is 4.23. The second-order valence-corrected chi connectivity index (χ2v) is 3.00. The van der Waals surface area contributed by atoms with Crippen LogP contribution in [0.3, 0.4) is 0 Å². The van der Waals surface area contributed by atoms with Gasteiger partial charge in [-0.3, -0.25) is 0 Å². The van der Waals surface area contributed by atoms with E-state index in [4.69, 9.17) is 9.47 Å². The van der Waals surface area contributed by atoms with Crippen molar-refractivity contribution in [2.24, 2.45) is 0 Å². The van der Waals surface area contributed by atoms with Crippen LogP contribution in [0.2, 0.25) is 0 Å². The van der Waals surface area contributed by atoms with Gasteiger partial charge in [-0.1, -0.05) is 0 Å². The molecule has 0 aliphatic heterocycles. The third-order valence-electron chi connectivity index (χ3n) is 1.83. The van der Waals surface area contributed by atoms with E-state index >= 15 is 0 Å². The van der Waals surface area contributed by atoms with Crippen LogP contribution in [0.4, 0.5) is 4.39 Å². The van der Waals surface area contributed by atoms with Gasteiger partial charge in [0.2, 0.25) is 0 Å². The highest BCUT2D eigenvalue weighted by atomic mass is 19.1. The molecule has 0 aromatic heterocycles. The summed E-state index contributed by atoms with van der Waals surface area (Å²) in [5.41, 5.74) is 0. The maximum absolute atomic E-state index is 12.5. The fourth-order valence-electron chi connectivity index (χ4n) is 1.07. The summed E-state index contributed by atoms with van der Waals surface area (Å²) in [6.45, 7) is 1.40. The van der Waals surface area contributed by atoms with E-state index in [0.29, 0.717) is 12.4 Å². The third-order valence-corrected chi connectivity index (χ3v) is 1.83. The van der Waals surface area contributed by atoms with Gasteiger partial charge in [-0.05, 0) is 37.1 Å². The second kappa shape index (κ2) is 6.38. The Hall–Kier alpha value is -1.09. The van der Waals surface area contributed by atoms with Crippen molar-refractivity contribution in [3.05, 3.63) is 30.1 Å². The first-order chi connectivity index (χ1) is 6.83. The largest absolute Gasteiger partial charge is 0.494 e. The number of hydrogen-bond donors (Lipinski definition) is 0. The quantitative estimate of drug-likeness (QED) is 0.654. The molecular formula is C11H15FO2. The van der Waals surface area contributed by atoms with E-state index in [-0.39, 0.29) is 5.82 Å². The molecule has 0 heterocycles. The normalized spacial score (nSPS) is 10.1. The molecule has 1 aromatic rings. The minimum Gasteiger partial charge on any atom is -0.494 e. The van der Waals surface area contributed by atoms with Crippen LogP contribution in [0.5, 0.6) is 5.75 Å². The van der Waals surface area contributed by atoms with Gasteiger partial charge < -0.3 is 9.47 Å². The molecule has 78 valence electrons. The van der Waals surface area contributed by atoms with Gasteiger partial charge >= 0.3 is 0 Å². The Balaban J connectivity index is 2.15. The summed E-state index contributed by atoms with van der Waals surface area (Å²) in [5, 5.41) is 0. The summed E-state index contributed by atoms with van der Waals surface area (Å²) >= 11 is 0. The Kier molecular flexibility index (Phi) is 5.00. The van der Waals surface area contributed by atoms with Crippen molar-refractivity contribution in [2.75, 3.05) is 20.3 Å². The van der Waals surface area contributed by atoms with Crippen molar-refractivity contribution in [3.8, 4) is 5.75 Å². The zero-order valence-electron chi connectivity index (χ0n) is 8.33. The lowest BCUT2D eigenvalue weighted by atomic mass is 10.3. The van der Waals surface area contributed by atoms with Gasteiger partial charge in [0.15, 0.2) is 0 Å². The van der Waals surface area contributed by atoms with E-state index in [2.05, 4.69) is 0 Å². The minimum atomic E-state index is -0.239. The molecule has 0 spiro atoms. The number of methoxy groups -OCH3 is 1. The van der Waals surface area contributed by atoms with Crippen molar-refractivity contribution >= 4 is 0 Å². The molecule has 0 saturated heterocycles. The molecular weight excluding hydrogens is 183 g/mol. The van der Waals surface area contributed by atoms with Crippen molar-refractivity contribution < 1.29 is 13.9 Å². The zero-order valence-corrected chi connectivity index (χ0v) is 8.33. The van der Waals surface area contributed by atoms with E-state index in [0.717, 1.165) is 19.4 Å².